The van der Waals surface area contributed by atoms with Crippen molar-refractivity contribution in [1.82, 2.24) is 0 Å². The van der Waals surface area contributed by atoms with Crippen molar-refractivity contribution in [2.75, 3.05) is 6.54 Å². The van der Waals surface area contributed by atoms with Crippen molar-refractivity contribution in [3.05, 3.63) is 0 Å². The minimum absolute atomic E-state index is 0.0295. The molecule has 0 saturated carbocycles. The molecule has 2 heteroatoms. The lowest BCUT2D eigenvalue weighted by molar-refractivity contribution is 0.0863. The second-order valence-corrected chi connectivity index (χ2v) is 2.64. The molecule has 0 bridgehead atoms. The predicted octanol–water partition coefficient (Wildman–Crippen LogP) is 1.21. The van der Waals surface area contributed by atoms with Gasteiger partial charge in [0.25, 0.3) is 0 Å². The summed E-state index contributed by atoms with van der Waals surface area (Å²) >= 11 is 0. The fourth-order valence-electron chi connectivity index (χ4n) is 0.625. The van der Waals surface area contributed by atoms with Crippen LogP contribution in [0.15, 0.2) is 4.99 Å². The zero-order valence-corrected chi connectivity index (χ0v) is 5.35. The molecular formula is C6H11NO. The van der Waals surface area contributed by atoms with Gasteiger partial charge in [-0.1, -0.05) is 0 Å². The Labute approximate surface area is 49.6 Å². The monoisotopic (exact) mass is 113 g/mol. The van der Waals surface area contributed by atoms with Crippen molar-refractivity contribution in [2.24, 2.45) is 4.99 Å². The molecule has 0 aliphatic carbocycles. The molecule has 0 unspecified atom stereocenters. The Bertz CT molecular complexity index is 107. The molecule has 0 fully saturated rings. The first-order valence-corrected chi connectivity index (χ1v) is 2.87. The van der Waals surface area contributed by atoms with E-state index in [0.717, 1.165) is 13.0 Å². The maximum Gasteiger partial charge on any atom is 0.170 e. The van der Waals surface area contributed by atoms with E-state index in [2.05, 4.69) is 18.8 Å². The minimum Gasteiger partial charge on any atom is -0.478 e. The van der Waals surface area contributed by atoms with Crippen LogP contribution in [0.1, 0.15) is 20.3 Å². The smallest absolute Gasteiger partial charge is 0.170 e. The predicted molar refractivity (Wildman–Crippen MR) is 33.1 cm³/mol. The first kappa shape index (κ1) is 5.60. The highest BCUT2D eigenvalue weighted by Gasteiger charge is 2.19. The van der Waals surface area contributed by atoms with Gasteiger partial charge in [0, 0.05) is 13.0 Å². The van der Waals surface area contributed by atoms with E-state index in [1.54, 1.807) is 6.40 Å². The molecule has 0 aromatic carbocycles. The average molecular weight is 113 g/mol. The lowest BCUT2D eigenvalue weighted by atomic mass is 10.1. The first-order valence-electron chi connectivity index (χ1n) is 2.87. The number of nitrogens with zero attached hydrogens (tertiary/aromatic N) is 1. The Hall–Kier alpha value is -0.530. The van der Waals surface area contributed by atoms with Crippen LogP contribution >= 0.6 is 0 Å². The van der Waals surface area contributed by atoms with E-state index in [1.165, 1.54) is 0 Å². The molecule has 46 valence electrons. The van der Waals surface area contributed by atoms with Crippen molar-refractivity contribution in [2.45, 2.75) is 25.9 Å². The van der Waals surface area contributed by atoms with Gasteiger partial charge < -0.3 is 4.74 Å². The Kier molecular flexibility index (Phi) is 1.24. The standard InChI is InChI=1S/C6H11NO/c1-6(2)3-4-7-5-8-6/h5H,3-4H2,1-2H3. The quantitative estimate of drug-likeness (QED) is 0.462. The zero-order chi connectivity index (χ0) is 6.04. The average Bonchev–Trinajstić information content (AvgIpc) is 1.65. The maximum absolute atomic E-state index is 5.17. The van der Waals surface area contributed by atoms with Crippen LogP contribution in [0.5, 0.6) is 0 Å². The summed E-state index contributed by atoms with van der Waals surface area (Å²) in [7, 11) is 0. The van der Waals surface area contributed by atoms with Gasteiger partial charge in [-0.3, -0.25) is 4.99 Å². The summed E-state index contributed by atoms with van der Waals surface area (Å²) in [5, 5.41) is 0. The van der Waals surface area contributed by atoms with Gasteiger partial charge in [0.05, 0.1) is 0 Å². The van der Waals surface area contributed by atoms with E-state index in [9.17, 15) is 0 Å². The SMILES string of the molecule is CC1(C)CCN=CO1. The van der Waals surface area contributed by atoms with E-state index in [1.807, 2.05) is 0 Å². The highest BCUT2D eigenvalue weighted by atomic mass is 16.5. The largest absolute Gasteiger partial charge is 0.478 e. The fourth-order valence-corrected chi connectivity index (χ4v) is 0.625. The van der Waals surface area contributed by atoms with Crippen LogP contribution in [-0.2, 0) is 4.74 Å². The van der Waals surface area contributed by atoms with E-state index in [-0.39, 0.29) is 5.60 Å². The Balaban J connectivity index is 2.50. The van der Waals surface area contributed by atoms with Crippen LogP contribution in [0, 0.1) is 0 Å². The molecule has 1 heterocycles. The summed E-state index contributed by atoms with van der Waals surface area (Å²) in [4.78, 5) is 3.93. The van der Waals surface area contributed by atoms with Crippen LogP contribution in [0.3, 0.4) is 0 Å². The summed E-state index contributed by atoms with van der Waals surface area (Å²) in [6.45, 7) is 5.04. The maximum atomic E-state index is 5.17. The molecule has 8 heavy (non-hydrogen) atoms. The number of rotatable bonds is 0. The molecule has 0 aromatic rings. The third-order valence-corrected chi connectivity index (χ3v) is 1.29. The summed E-state index contributed by atoms with van der Waals surface area (Å²) in [5.41, 5.74) is 0.0295. The van der Waals surface area contributed by atoms with Gasteiger partial charge >= 0.3 is 0 Å². The van der Waals surface area contributed by atoms with E-state index < -0.39 is 0 Å². The number of ether oxygens (including phenoxy) is 1. The van der Waals surface area contributed by atoms with Crippen LogP contribution in [0.2, 0.25) is 0 Å². The van der Waals surface area contributed by atoms with E-state index in [4.69, 9.17) is 4.74 Å². The molecule has 0 atom stereocenters. The zero-order valence-electron chi connectivity index (χ0n) is 5.35. The fraction of sp³-hybridized carbons (Fsp3) is 0.833. The number of hydrogen-bond acceptors (Lipinski definition) is 2. The Morgan fingerprint density at radius 2 is 2.38 bits per heavy atom. The van der Waals surface area contributed by atoms with Gasteiger partial charge in [0.2, 0.25) is 0 Å². The number of hydrogen-bond donors (Lipinski definition) is 0. The molecule has 2 nitrogen and oxygen atoms in total. The normalized spacial score (nSPS) is 24.8. The minimum atomic E-state index is 0.0295. The highest BCUT2D eigenvalue weighted by Crippen LogP contribution is 2.15. The van der Waals surface area contributed by atoms with Crippen LogP contribution in [0.25, 0.3) is 0 Å². The second-order valence-electron chi connectivity index (χ2n) is 2.64. The molecule has 1 rings (SSSR count). The summed E-state index contributed by atoms with van der Waals surface area (Å²) in [5.74, 6) is 0. The van der Waals surface area contributed by atoms with Gasteiger partial charge in [0.15, 0.2) is 6.40 Å². The third-order valence-electron chi connectivity index (χ3n) is 1.29. The van der Waals surface area contributed by atoms with Gasteiger partial charge in [-0.05, 0) is 13.8 Å². The highest BCUT2D eigenvalue weighted by molar-refractivity contribution is 5.48. The van der Waals surface area contributed by atoms with Crippen molar-refractivity contribution in [3.63, 3.8) is 0 Å². The molecule has 0 saturated heterocycles. The second kappa shape index (κ2) is 1.77. The molecule has 0 N–H and O–H groups in total. The summed E-state index contributed by atoms with van der Waals surface area (Å²) < 4.78 is 5.17. The summed E-state index contributed by atoms with van der Waals surface area (Å²) in [6.07, 6.45) is 2.58. The molecule has 0 radical (unpaired) electrons. The van der Waals surface area contributed by atoms with Crippen LogP contribution in [-0.4, -0.2) is 18.5 Å². The van der Waals surface area contributed by atoms with Gasteiger partial charge in [-0.15, -0.1) is 0 Å². The third kappa shape index (κ3) is 1.22. The van der Waals surface area contributed by atoms with Crippen molar-refractivity contribution in [3.8, 4) is 0 Å². The van der Waals surface area contributed by atoms with Gasteiger partial charge in [0.1, 0.15) is 5.60 Å². The van der Waals surface area contributed by atoms with Crippen LogP contribution in [0.4, 0.5) is 0 Å². The Morgan fingerprint density at radius 1 is 1.62 bits per heavy atom. The lowest BCUT2D eigenvalue weighted by Crippen LogP contribution is -2.27. The topological polar surface area (TPSA) is 21.6 Å². The van der Waals surface area contributed by atoms with Crippen molar-refractivity contribution in [1.29, 1.82) is 0 Å². The van der Waals surface area contributed by atoms with Crippen molar-refractivity contribution < 1.29 is 4.74 Å². The molecular weight excluding hydrogens is 102 g/mol. The molecule has 1 aliphatic heterocycles. The van der Waals surface area contributed by atoms with E-state index in [0.29, 0.717) is 0 Å². The Morgan fingerprint density at radius 3 is 2.62 bits per heavy atom. The molecule has 0 amide bonds. The number of aliphatic imine (C=N–C) groups is 1. The lowest BCUT2D eigenvalue weighted by Gasteiger charge is -2.25. The molecule has 0 spiro atoms. The van der Waals surface area contributed by atoms with Crippen LogP contribution < -0.4 is 0 Å². The molecule has 1 aliphatic rings. The van der Waals surface area contributed by atoms with Crippen molar-refractivity contribution >= 4 is 6.40 Å². The molecule has 0 aromatic heterocycles. The van der Waals surface area contributed by atoms with Gasteiger partial charge in [-0.25, -0.2) is 0 Å². The van der Waals surface area contributed by atoms with Gasteiger partial charge in [-0.2, -0.15) is 0 Å². The first-order chi connectivity index (χ1) is 3.71. The van der Waals surface area contributed by atoms with E-state index >= 15 is 0 Å². The summed E-state index contributed by atoms with van der Waals surface area (Å²) in [6, 6.07) is 0.